The largest absolute Gasteiger partial charge is 0.510 e. The number of aromatic nitrogens is 2. The molecular weight excluding hydrogens is 278 g/mol. The summed E-state index contributed by atoms with van der Waals surface area (Å²) in [6.45, 7) is 0. The zero-order valence-corrected chi connectivity index (χ0v) is 11.6. The van der Waals surface area contributed by atoms with E-state index in [1.165, 1.54) is 6.08 Å². The molecule has 5 nitrogen and oxygen atoms in total. The van der Waals surface area contributed by atoms with Crippen molar-refractivity contribution in [2.75, 3.05) is 4.90 Å². The standard InChI is InChI=1S/C17H13N3O2/c21-15-9-16(22)20(17(15)11-4-2-1-3-5-11)13-7-6-12-10-18-19-14(12)8-13/h1-10,17,21H,(H,18,19). The second kappa shape index (κ2) is 4.73. The first kappa shape index (κ1) is 12.6. The number of nitrogens with one attached hydrogen (secondary N) is 1. The van der Waals surface area contributed by atoms with Gasteiger partial charge in [0.15, 0.2) is 0 Å². The maximum atomic E-state index is 12.3. The molecule has 0 saturated heterocycles. The highest BCUT2D eigenvalue weighted by atomic mass is 16.3. The Morgan fingerprint density at radius 3 is 2.77 bits per heavy atom. The number of H-pyrrole nitrogens is 1. The van der Waals surface area contributed by atoms with E-state index in [9.17, 15) is 9.90 Å². The van der Waals surface area contributed by atoms with E-state index >= 15 is 0 Å². The smallest absolute Gasteiger partial charge is 0.255 e. The lowest BCUT2D eigenvalue weighted by atomic mass is 10.0. The molecule has 1 aromatic heterocycles. The van der Waals surface area contributed by atoms with Crippen LogP contribution in [0.25, 0.3) is 10.9 Å². The van der Waals surface area contributed by atoms with E-state index in [1.807, 2.05) is 48.5 Å². The number of benzene rings is 2. The lowest BCUT2D eigenvalue weighted by molar-refractivity contribution is -0.113. The fourth-order valence-corrected chi connectivity index (χ4v) is 2.84. The first-order chi connectivity index (χ1) is 10.7. The fraction of sp³-hybridized carbons (Fsp3) is 0.0588. The van der Waals surface area contributed by atoms with Crippen LogP contribution in [0.2, 0.25) is 0 Å². The van der Waals surface area contributed by atoms with E-state index < -0.39 is 6.04 Å². The summed E-state index contributed by atoms with van der Waals surface area (Å²) in [5.41, 5.74) is 2.44. The molecule has 0 fully saturated rings. The molecule has 22 heavy (non-hydrogen) atoms. The molecule has 2 N–H and O–H groups in total. The Morgan fingerprint density at radius 1 is 1.14 bits per heavy atom. The minimum Gasteiger partial charge on any atom is -0.510 e. The van der Waals surface area contributed by atoms with E-state index in [1.54, 1.807) is 11.1 Å². The molecule has 0 spiro atoms. The van der Waals surface area contributed by atoms with Crippen molar-refractivity contribution in [1.29, 1.82) is 0 Å². The predicted octanol–water partition coefficient (Wildman–Crippen LogP) is 3.09. The van der Waals surface area contributed by atoms with Gasteiger partial charge < -0.3 is 5.11 Å². The molecule has 0 saturated carbocycles. The van der Waals surface area contributed by atoms with Gasteiger partial charge in [0.25, 0.3) is 5.91 Å². The molecular formula is C17H13N3O2. The summed E-state index contributed by atoms with van der Waals surface area (Å²) < 4.78 is 0. The van der Waals surface area contributed by atoms with Gasteiger partial charge in [-0.15, -0.1) is 0 Å². The zero-order chi connectivity index (χ0) is 15.1. The summed E-state index contributed by atoms with van der Waals surface area (Å²) in [6, 6.07) is 14.6. The van der Waals surface area contributed by atoms with Crippen LogP contribution < -0.4 is 4.90 Å². The topological polar surface area (TPSA) is 69.2 Å². The van der Waals surface area contributed by atoms with Crippen molar-refractivity contribution in [3.63, 3.8) is 0 Å². The highest BCUT2D eigenvalue weighted by Gasteiger charge is 2.35. The van der Waals surface area contributed by atoms with E-state index in [-0.39, 0.29) is 11.7 Å². The number of carbonyl (C=O) groups is 1. The molecule has 1 aliphatic heterocycles. The quantitative estimate of drug-likeness (QED) is 0.762. The van der Waals surface area contributed by atoms with Crippen LogP contribution in [0.4, 0.5) is 5.69 Å². The number of rotatable bonds is 2. The predicted molar refractivity (Wildman–Crippen MR) is 83.5 cm³/mol. The summed E-state index contributed by atoms with van der Waals surface area (Å²) in [4.78, 5) is 13.9. The average molecular weight is 291 g/mol. The molecule has 0 radical (unpaired) electrons. The van der Waals surface area contributed by atoms with Crippen LogP contribution in [0.5, 0.6) is 0 Å². The lowest BCUT2D eigenvalue weighted by Crippen LogP contribution is -2.29. The number of aliphatic hydroxyl groups is 1. The van der Waals surface area contributed by atoms with Gasteiger partial charge in [-0.1, -0.05) is 30.3 Å². The van der Waals surface area contributed by atoms with Gasteiger partial charge in [-0.25, -0.2) is 0 Å². The van der Waals surface area contributed by atoms with Crippen LogP contribution in [0.3, 0.4) is 0 Å². The first-order valence-electron chi connectivity index (χ1n) is 6.96. The third-order valence-electron chi connectivity index (χ3n) is 3.87. The highest BCUT2D eigenvalue weighted by Crippen LogP contribution is 2.37. The number of anilines is 1. The first-order valence-corrected chi connectivity index (χ1v) is 6.96. The molecule has 0 aliphatic carbocycles. The molecule has 108 valence electrons. The van der Waals surface area contributed by atoms with Gasteiger partial charge in [-0.05, 0) is 23.8 Å². The Hall–Kier alpha value is -3.08. The van der Waals surface area contributed by atoms with Gasteiger partial charge >= 0.3 is 0 Å². The number of hydrogen-bond acceptors (Lipinski definition) is 3. The molecule has 5 heteroatoms. The minimum absolute atomic E-state index is 0.0564. The van der Waals surface area contributed by atoms with E-state index in [4.69, 9.17) is 0 Å². The van der Waals surface area contributed by atoms with Crippen molar-refractivity contribution in [3.05, 3.63) is 72.1 Å². The average Bonchev–Trinajstić information content (AvgIpc) is 3.11. The van der Waals surface area contributed by atoms with Crippen LogP contribution in [-0.4, -0.2) is 21.2 Å². The third-order valence-corrected chi connectivity index (χ3v) is 3.87. The summed E-state index contributed by atoms with van der Waals surface area (Å²) in [5.74, 6) is -0.175. The number of amides is 1. The Labute approximate surface area is 126 Å². The Morgan fingerprint density at radius 2 is 1.95 bits per heavy atom. The van der Waals surface area contributed by atoms with Crippen LogP contribution in [0.15, 0.2) is 66.6 Å². The van der Waals surface area contributed by atoms with Gasteiger partial charge in [-0.2, -0.15) is 5.10 Å². The Bertz CT molecular complexity index is 883. The molecule has 1 unspecified atom stereocenters. The number of carbonyl (C=O) groups excluding carboxylic acids is 1. The van der Waals surface area contributed by atoms with Crippen LogP contribution in [0.1, 0.15) is 11.6 Å². The number of fused-ring (bicyclic) bond motifs is 1. The van der Waals surface area contributed by atoms with E-state index in [0.29, 0.717) is 0 Å². The normalized spacial score (nSPS) is 18.0. The maximum absolute atomic E-state index is 12.3. The zero-order valence-electron chi connectivity index (χ0n) is 11.6. The van der Waals surface area contributed by atoms with E-state index in [2.05, 4.69) is 10.2 Å². The number of aliphatic hydroxyl groups excluding tert-OH is 1. The van der Waals surface area contributed by atoms with Crippen molar-refractivity contribution < 1.29 is 9.90 Å². The molecule has 3 aromatic rings. The molecule has 2 aromatic carbocycles. The second-order valence-electron chi connectivity index (χ2n) is 5.23. The fourth-order valence-electron chi connectivity index (χ4n) is 2.84. The molecule has 1 amide bonds. The molecule has 2 heterocycles. The summed E-state index contributed by atoms with van der Waals surface area (Å²) in [5, 5.41) is 18.1. The van der Waals surface area contributed by atoms with Crippen molar-refractivity contribution in [2.45, 2.75) is 6.04 Å². The molecule has 1 aliphatic rings. The second-order valence-corrected chi connectivity index (χ2v) is 5.23. The van der Waals surface area contributed by atoms with E-state index in [0.717, 1.165) is 22.2 Å². The molecule has 1 atom stereocenters. The Balaban J connectivity index is 1.82. The maximum Gasteiger partial charge on any atom is 0.255 e. The number of nitrogens with zero attached hydrogens (tertiary/aromatic N) is 2. The van der Waals surface area contributed by atoms with Gasteiger partial charge in [0, 0.05) is 17.1 Å². The Kier molecular flexibility index (Phi) is 2.72. The third kappa shape index (κ3) is 1.87. The summed E-state index contributed by atoms with van der Waals surface area (Å²) in [7, 11) is 0. The van der Waals surface area contributed by atoms with Crippen molar-refractivity contribution in [3.8, 4) is 0 Å². The SMILES string of the molecule is O=C1C=C(O)C(c2ccccc2)N1c1ccc2cn[nH]c2c1. The van der Waals surface area contributed by atoms with Gasteiger partial charge in [0.05, 0.1) is 11.7 Å². The van der Waals surface area contributed by atoms with Crippen molar-refractivity contribution >= 4 is 22.5 Å². The van der Waals surface area contributed by atoms with Crippen LogP contribution in [-0.2, 0) is 4.79 Å². The number of aromatic amines is 1. The van der Waals surface area contributed by atoms with Crippen molar-refractivity contribution in [2.24, 2.45) is 0 Å². The van der Waals surface area contributed by atoms with Gasteiger partial charge in [0.1, 0.15) is 11.8 Å². The minimum atomic E-state index is -0.492. The monoisotopic (exact) mass is 291 g/mol. The summed E-state index contributed by atoms with van der Waals surface area (Å²) in [6.07, 6.45) is 3.00. The van der Waals surface area contributed by atoms with Crippen LogP contribution >= 0.6 is 0 Å². The highest BCUT2D eigenvalue weighted by molar-refractivity contribution is 6.06. The van der Waals surface area contributed by atoms with Gasteiger partial charge in [-0.3, -0.25) is 14.8 Å². The van der Waals surface area contributed by atoms with Crippen molar-refractivity contribution in [1.82, 2.24) is 10.2 Å². The molecule has 0 bridgehead atoms. The summed E-state index contributed by atoms with van der Waals surface area (Å²) >= 11 is 0. The van der Waals surface area contributed by atoms with Gasteiger partial charge in [0.2, 0.25) is 0 Å². The number of hydrogen-bond donors (Lipinski definition) is 2. The van der Waals surface area contributed by atoms with Crippen LogP contribution in [0, 0.1) is 0 Å². The molecule has 4 rings (SSSR count). The lowest BCUT2D eigenvalue weighted by Gasteiger charge is -2.26.